The average Bonchev–Trinajstić information content (AvgIpc) is 2.60. The molecule has 0 aromatic carbocycles. The van der Waals surface area contributed by atoms with Crippen molar-refractivity contribution in [2.24, 2.45) is 5.41 Å². The van der Waals surface area contributed by atoms with Crippen molar-refractivity contribution in [2.75, 3.05) is 40.4 Å². The normalized spacial score (nSPS) is 27.4. The predicted molar refractivity (Wildman–Crippen MR) is 73.6 cm³/mol. The molecule has 0 N–H and O–H groups in total. The highest BCUT2D eigenvalue weighted by atomic mass is 19.1. The van der Waals surface area contributed by atoms with Crippen molar-refractivity contribution < 1.29 is 23.5 Å². The molecule has 2 fully saturated rings. The first kappa shape index (κ1) is 16.0. The van der Waals surface area contributed by atoms with Crippen molar-refractivity contribution in [1.29, 1.82) is 0 Å². The Morgan fingerprint density at radius 1 is 1.24 bits per heavy atom. The minimum absolute atomic E-state index is 0.137. The molecule has 0 aromatic heterocycles. The van der Waals surface area contributed by atoms with E-state index in [0.29, 0.717) is 0 Å². The molecular weight excluding hydrogens is 279 g/mol. The van der Waals surface area contributed by atoms with Crippen molar-refractivity contribution >= 4 is 12.0 Å². The van der Waals surface area contributed by atoms with Crippen LogP contribution in [0.5, 0.6) is 0 Å². The smallest absolute Gasteiger partial charge is 0.410 e. The second-order valence-electron chi connectivity index (χ2n) is 7.11. The van der Waals surface area contributed by atoms with Gasteiger partial charge in [-0.2, -0.15) is 0 Å². The molecule has 2 saturated heterocycles. The summed E-state index contributed by atoms with van der Waals surface area (Å²) in [6.45, 7) is 5.37. The first-order valence-electron chi connectivity index (χ1n) is 6.97. The summed E-state index contributed by atoms with van der Waals surface area (Å²) >= 11 is 0. The van der Waals surface area contributed by atoms with Gasteiger partial charge in [0.25, 0.3) is 5.91 Å². The lowest BCUT2D eigenvalue weighted by Crippen LogP contribution is -2.63. The molecule has 0 bridgehead atoms. The third-order valence-electron chi connectivity index (χ3n) is 3.90. The van der Waals surface area contributed by atoms with Crippen LogP contribution in [-0.4, -0.2) is 73.5 Å². The molecule has 2 aliphatic heterocycles. The zero-order valence-electron chi connectivity index (χ0n) is 13.2. The van der Waals surface area contributed by atoms with Crippen LogP contribution in [0.4, 0.5) is 9.18 Å². The summed E-state index contributed by atoms with van der Waals surface area (Å²) in [6, 6.07) is 0. The fourth-order valence-electron chi connectivity index (χ4n) is 2.75. The van der Waals surface area contributed by atoms with Crippen LogP contribution in [0.15, 0.2) is 0 Å². The van der Waals surface area contributed by atoms with Crippen LogP contribution < -0.4 is 0 Å². The quantitative estimate of drug-likeness (QED) is 0.726. The number of ether oxygens (including phenoxy) is 2. The van der Waals surface area contributed by atoms with E-state index in [1.54, 1.807) is 20.8 Å². The van der Waals surface area contributed by atoms with Gasteiger partial charge in [0, 0.05) is 20.6 Å². The zero-order chi connectivity index (χ0) is 16.1. The molecule has 120 valence electrons. The van der Waals surface area contributed by atoms with Crippen molar-refractivity contribution in [1.82, 2.24) is 9.80 Å². The highest BCUT2D eigenvalue weighted by Gasteiger charge is 2.68. The molecule has 0 aliphatic carbocycles. The largest absolute Gasteiger partial charge is 0.444 e. The van der Waals surface area contributed by atoms with E-state index in [2.05, 4.69) is 0 Å². The minimum atomic E-state index is -2.12. The van der Waals surface area contributed by atoms with Crippen LogP contribution in [0.2, 0.25) is 0 Å². The number of rotatable bonds is 1. The number of hydrogen-bond acceptors (Lipinski definition) is 4. The number of carbonyl (C=O) groups is 2. The SMILES string of the molecule is CN(C)C(=O)C1(F)CN(C(=O)OC(C)(C)C)CC12COC2. The summed E-state index contributed by atoms with van der Waals surface area (Å²) < 4.78 is 25.8. The maximum Gasteiger partial charge on any atom is 0.410 e. The highest BCUT2D eigenvalue weighted by molar-refractivity contribution is 5.88. The highest BCUT2D eigenvalue weighted by Crippen LogP contribution is 2.48. The lowest BCUT2D eigenvalue weighted by atomic mass is 9.73. The van der Waals surface area contributed by atoms with Gasteiger partial charge in [0.1, 0.15) is 5.60 Å². The van der Waals surface area contributed by atoms with Crippen LogP contribution in [0.3, 0.4) is 0 Å². The number of likely N-dealkylation sites (tertiary alicyclic amines) is 1. The van der Waals surface area contributed by atoms with Gasteiger partial charge in [-0.25, -0.2) is 9.18 Å². The first-order valence-corrected chi connectivity index (χ1v) is 6.97. The third kappa shape index (κ3) is 2.59. The number of halogens is 1. The summed E-state index contributed by atoms with van der Waals surface area (Å²) in [5.74, 6) is -0.628. The number of hydrogen-bond donors (Lipinski definition) is 0. The second kappa shape index (κ2) is 4.83. The molecule has 0 aromatic rings. The van der Waals surface area contributed by atoms with Gasteiger partial charge in [-0.15, -0.1) is 0 Å². The van der Waals surface area contributed by atoms with E-state index in [1.807, 2.05) is 0 Å². The molecule has 1 unspecified atom stereocenters. The number of carbonyl (C=O) groups excluding carboxylic acids is 2. The van der Waals surface area contributed by atoms with E-state index in [-0.39, 0.29) is 26.3 Å². The van der Waals surface area contributed by atoms with Crippen molar-refractivity contribution in [3.63, 3.8) is 0 Å². The van der Waals surface area contributed by atoms with Crippen LogP contribution in [0.25, 0.3) is 0 Å². The van der Waals surface area contributed by atoms with E-state index in [9.17, 15) is 9.59 Å². The lowest BCUT2D eigenvalue weighted by molar-refractivity contribution is -0.185. The summed E-state index contributed by atoms with van der Waals surface area (Å²) in [5.41, 5.74) is -3.73. The molecule has 2 aliphatic rings. The molecule has 6 nitrogen and oxygen atoms in total. The van der Waals surface area contributed by atoms with Crippen LogP contribution in [-0.2, 0) is 14.3 Å². The molecule has 1 spiro atoms. The maximum absolute atomic E-state index is 15.4. The topological polar surface area (TPSA) is 59.1 Å². The zero-order valence-corrected chi connectivity index (χ0v) is 13.2. The minimum Gasteiger partial charge on any atom is -0.444 e. The Hall–Kier alpha value is -1.37. The van der Waals surface area contributed by atoms with E-state index in [4.69, 9.17) is 9.47 Å². The van der Waals surface area contributed by atoms with Gasteiger partial charge in [0.2, 0.25) is 5.67 Å². The summed E-state index contributed by atoms with van der Waals surface area (Å²) in [7, 11) is 3.01. The molecule has 2 amide bonds. The van der Waals surface area contributed by atoms with Gasteiger partial charge in [-0.3, -0.25) is 4.79 Å². The molecule has 2 heterocycles. The second-order valence-corrected chi connectivity index (χ2v) is 7.11. The van der Waals surface area contributed by atoms with Crippen molar-refractivity contribution in [2.45, 2.75) is 32.0 Å². The molecule has 2 rings (SSSR count). The van der Waals surface area contributed by atoms with Gasteiger partial charge in [0.15, 0.2) is 0 Å². The van der Waals surface area contributed by atoms with Crippen LogP contribution in [0.1, 0.15) is 20.8 Å². The van der Waals surface area contributed by atoms with E-state index in [1.165, 1.54) is 23.9 Å². The van der Waals surface area contributed by atoms with Gasteiger partial charge in [-0.1, -0.05) is 0 Å². The Bertz CT molecular complexity index is 456. The standard InChI is InChI=1S/C14H23FN2O4/c1-12(2,3)21-11(19)17-6-13(8-20-9-13)14(15,7-17)10(18)16(4)5/h6-9H2,1-5H3. The molecule has 0 radical (unpaired) electrons. The van der Waals surface area contributed by atoms with Crippen LogP contribution >= 0.6 is 0 Å². The summed E-state index contributed by atoms with van der Waals surface area (Å²) in [6.07, 6.45) is -0.597. The first-order chi connectivity index (χ1) is 9.51. The molecule has 1 atom stereocenters. The van der Waals surface area contributed by atoms with Gasteiger partial charge >= 0.3 is 6.09 Å². The predicted octanol–water partition coefficient (Wildman–Crippen LogP) is 1.05. The fourth-order valence-corrected chi connectivity index (χ4v) is 2.75. The molecule has 0 saturated carbocycles. The Labute approximate surface area is 124 Å². The average molecular weight is 302 g/mol. The molecule has 7 heteroatoms. The van der Waals surface area contributed by atoms with E-state index < -0.39 is 28.7 Å². The maximum atomic E-state index is 15.4. The van der Waals surface area contributed by atoms with Crippen LogP contribution in [0, 0.1) is 5.41 Å². The Morgan fingerprint density at radius 2 is 1.81 bits per heavy atom. The summed E-state index contributed by atoms with van der Waals surface area (Å²) in [5, 5.41) is 0. The summed E-state index contributed by atoms with van der Waals surface area (Å²) in [4.78, 5) is 26.9. The third-order valence-corrected chi connectivity index (χ3v) is 3.90. The number of alkyl halides is 1. The van der Waals surface area contributed by atoms with Crippen molar-refractivity contribution in [3.8, 4) is 0 Å². The molecule has 21 heavy (non-hydrogen) atoms. The molecular formula is C14H23FN2O4. The Morgan fingerprint density at radius 3 is 2.19 bits per heavy atom. The Balaban J connectivity index is 2.21. The number of amides is 2. The number of nitrogens with zero attached hydrogens (tertiary/aromatic N) is 2. The monoisotopic (exact) mass is 302 g/mol. The van der Waals surface area contributed by atoms with Gasteiger partial charge in [-0.05, 0) is 20.8 Å². The van der Waals surface area contributed by atoms with Crippen molar-refractivity contribution in [3.05, 3.63) is 0 Å². The van der Waals surface area contributed by atoms with E-state index >= 15 is 4.39 Å². The fraction of sp³-hybridized carbons (Fsp3) is 0.857. The lowest BCUT2D eigenvalue weighted by Gasteiger charge is -2.45. The van der Waals surface area contributed by atoms with Gasteiger partial charge < -0.3 is 19.3 Å². The van der Waals surface area contributed by atoms with Gasteiger partial charge in [0.05, 0.1) is 25.2 Å². The Kier molecular flexibility index (Phi) is 3.68. The van der Waals surface area contributed by atoms with E-state index in [0.717, 1.165) is 0 Å².